The number of carbonyl (C=O) groups is 1. The van der Waals surface area contributed by atoms with E-state index < -0.39 is 29.3 Å². The number of nitrogens with zero attached hydrogens (tertiary/aromatic N) is 2. The van der Waals surface area contributed by atoms with Crippen LogP contribution in [-0.2, 0) is 16.0 Å². The number of halogens is 2. The molecule has 0 spiro atoms. The first-order chi connectivity index (χ1) is 13.3. The summed E-state index contributed by atoms with van der Waals surface area (Å²) in [7, 11) is 0. The second kappa shape index (κ2) is 8.08. The summed E-state index contributed by atoms with van der Waals surface area (Å²) in [6.07, 6.45) is 0.309. The number of nitrogens with one attached hydrogen (secondary N) is 1. The number of aryl methyl sites for hydroxylation is 1. The van der Waals surface area contributed by atoms with E-state index in [-0.39, 0.29) is 17.5 Å². The molecule has 0 aliphatic rings. The van der Waals surface area contributed by atoms with Gasteiger partial charge in [-0.2, -0.15) is 0 Å². The standard InChI is InChI=1S/C20H17F2N3O3/c1-11-15(20(27)25-19(24-11)17-5-3-4-8-23-17)10-18(26)28-12(2)14-7-6-13(21)9-16(14)22/h3-9,12H,10H2,1-2H3,(H,24,25,27)/t12-/m0/s1. The maximum absolute atomic E-state index is 13.8. The van der Waals surface area contributed by atoms with Crippen molar-refractivity contribution >= 4 is 5.97 Å². The van der Waals surface area contributed by atoms with E-state index >= 15 is 0 Å². The van der Waals surface area contributed by atoms with Crippen LogP contribution in [0.4, 0.5) is 8.78 Å². The van der Waals surface area contributed by atoms with Gasteiger partial charge in [0.15, 0.2) is 5.82 Å². The van der Waals surface area contributed by atoms with Crippen molar-refractivity contribution in [3.05, 3.63) is 81.4 Å². The molecule has 1 N–H and O–H groups in total. The lowest BCUT2D eigenvalue weighted by Crippen LogP contribution is -2.22. The highest BCUT2D eigenvalue weighted by Gasteiger charge is 2.19. The zero-order chi connectivity index (χ0) is 20.3. The molecule has 144 valence electrons. The van der Waals surface area contributed by atoms with Crippen LogP contribution in [0.25, 0.3) is 11.5 Å². The van der Waals surface area contributed by atoms with Gasteiger partial charge in [0.1, 0.15) is 23.4 Å². The van der Waals surface area contributed by atoms with Crippen molar-refractivity contribution in [3.8, 4) is 11.5 Å². The smallest absolute Gasteiger partial charge is 0.311 e. The van der Waals surface area contributed by atoms with Gasteiger partial charge in [-0.25, -0.2) is 13.8 Å². The van der Waals surface area contributed by atoms with Gasteiger partial charge in [0, 0.05) is 29.1 Å². The van der Waals surface area contributed by atoms with E-state index in [1.807, 2.05) is 0 Å². The Kier molecular flexibility index (Phi) is 5.58. The highest BCUT2D eigenvalue weighted by atomic mass is 19.1. The number of aromatic amines is 1. The van der Waals surface area contributed by atoms with Crippen LogP contribution in [0.1, 0.15) is 29.8 Å². The lowest BCUT2D eigenvalue weighted by Gasteiger charge is -2.15. The van der Waals surface area contributed by atoms with E-state index in [0.29, 0.717) is 17.2 Å². The summed E-state index contributed by atoms with van der Waals surface area (Å²) in [5.74, 6) is -1.96. The third kappa shape index (κ3) is 4.28. The quantitative estimate of drug-likeness (QED) is 0.682. The molecule has 0 fully saturated rings. The van der Waals surface area contributed by atoms with E-state index in [9.17, 15) is 18.4 Å². The van der Waals surface area contributed by atoms with Crippen molar-refractivity contribution in [2.24, 2.45) is 0 Å². The van der Waals surface area contributed by atoms with E-state index in [1.54, 1.807) is 31.3 Å². The van der Waals surface area contributed by atoms with Crippen LogP contribution >= 0.6 is 0 Å². The summed E-state index contributed by atoms with van der Waals surface area (Å²) >= 11 is 0. The summed E-state index contributed by atoms with van der Waals surface area (Å²) in [5.41, 5.74) is 0.574. The number of rotatable bonds is 5. The number of H-pyrrole nitrogens is 1. The van der Waals surface area contributed by atoms with E-state index in [0.717, 1.165) is 12.1 Å². The molecule has 0 radical (unpaired) electrons. The van der Waals surface area contributed by atoms with Crippen LogP contribution in [-0.4, -0.2) is 20.9 Å². The summed E-state index contributed by atoms with van der Waals surface area (Å²) in [5, 5.41) is 0. The molecule has 1 aromatic carbocycles. The van der Waals surface area contributed by atoms with Gasteiger partial charge in [0.2, 0.25) is 0 Å². The minimum absolute atomic E-state index is 0.0454. The maximum atomic E-state index is 13.8. The highest BCUT2D eigenvalue weighted by molar-refractivity contribution is 5.73. The second-order valence-corrected chi connectivity index (χ2v) is 6.17. The summed E-state index contributed by atoms with van der Waals surface area (Å²) < 4.78 is 32.0. The number of esters is 1. The molecule has 0 amide bonds. The molecule has 6 nitrogen and oxygen atoms in total. The SMILES string of the molecule is Cc1nc(-c2ccccn2)[nH]c(=O)c1CC(=O)O[C@@H](C)c1ccc(F)cc1F. The molecule has 28 heavy (non-hydrogen) atoms. The number of aromatic nitrogens is 3. The van der Waals surface area contributed by atoms with Gasteiger partial charge in [0.05, 0.1) is 6.42 Å². The van der Waals surface area contributed by atoms with Gasteiger partial charge in [-0.1, -0.05) is 6.07 Å². The Hall–Kier alpha value is -3.42. The lowest BCUT2D eigenvalue weighted by atomic mass is 10.1. The number of benzene rings is 1. The fourth-order valence-corrected chi connectivity index (χ4v) is 2.72. The highest BCUT2D eigenvalue weighted by Crippen LogP contribution is 2.21. The normalized spacial score (nSPS) is 11.9. The molecule has 2 heterocycles. The first-order valence-electron chi connectivity index (χ1n) is 8.50. The summed E-state index contributed by atoms with van der Waals surface area (Å²) in [6, 6.07) is 8.21. The first-order valence-corrected chi connectivity index (χ1v) is 8.50. The monoisotopic (exact) mass is 385 g/mol. The maximum Gasteiger partial charge on any atom is 0.311 e. The van der Waals surface area contributed by atoms with Crippen LogP contribution in [0.5, 0.6) is 0 Å². The molecular formula is C20H17F2N3O3. The first kappa shape index (κ1) is 19.3. The molecular weight excluding hydrogens is 368 g/mol. The minimum atomic E-state index is -0.937. The number of carbonyl (C=O) groups excluding carboxylic acids is 1. The summed E-state index contributed by atoms with van der Waals surface area (Å²) in [6.45, 7) is 3.07. The fourth-order valence-electron chi connectivity index (χ4n) is 2.72. The van der Waals surface area contributed by atoms with Crippen LogP contribution < -0.4 is 5.56 Å². The van der Waals surface area contributed by atoms with Gasteiger partial charge < -0.3 is 9.72 Å². The zero-order valence-corrected chi connectivity index (χ0v) is 15.2. The van der Waals surface area contributed by atoms with Gasteiger partial charge >= 0.3 is 5.97 Å². The Morgan fingerprint density at radius 1 is 1.25 bits per heavy atom. The van der Waals surface area contributed by atoms with E-state index in [1.165, 1.54) is 13.0 Å². The molecule has 0 aliphatic carbocycles. The molecule has 0 saturated heterocycles. The van der Waals surface area contributed by atoms with Gasteiger partial charge in [-0.05, 0) is 38.1 Å². The van der Waals surface area contributed by atoms with E-state index in [2.05, 4.69) is 15.0 Å². The molecule has 3 aromatic rings. The van der Waals surface area contributed by atoms with Crippen LogP contribution in [0.15, 0.2) is 47.4 Å². The molecule has 0 bridgehead atoms. The minimum Gasteiger partial charge on any atom is -0.457 e. The van der Waals surface area contributed by atoms with Gasteiger partial charge in [0.25, 0.3) is 5.56 Å². The van der Waals surface area contributed by atoms with E-state index in [4.69, 9.17) is 4.74 Å². The third-order valence-electron chi connectivity index (χ3n) is 4.16. The largest absolute Gasteiger partial charge is 0.457 e. The Bertz CT molecular complexity index is 1070. The number of pyridine rings is 1. The lowest BCUT2D eigenvalue weighted by molar-refractivity contribution is -0.147. The molecule has 0 aliphatic heterocycles. The topological polar surface area (TPSA) is 84.9 Å². The molecule has 8 heteroatoms. The number of ether oxygens (including phenoxy) is 1. The van der Waals surface area contributed by atoms with Gasteiger partial charge in [-0.15, -0.1) is 0 Å². The van der Waals surface area contributed by atoms with Gasteiger partial charge in [-0.3, -0.25) is 14.6 Å². The molecule has 0 unspecified atom stereocenters. The van der Waals surface area contributed by atoms with Crippen molar-refractivity contribution in [2.75, 3.05) is 0 Å². The van der Waals surface area contributed by atoms with Crippen LogP contribution in [0.3, 0.4) is 0 Å². The van der Waals surface area contributed by atoms with Crippen molar-refractivity contribution in [1.29, 1.82) is 0 Å². The van der Waals surface area contributed by atoms with Crippen LogP contribution in [0.2, 0.25) is 0 Å². The Morgan fingerprint density at radius 2 is 2.04 bits per heavy atom. The molecule has 3 rings (SSSR count). The molecule has 2 aromatic heterocycles. The predicted molar refractivity (Wildman–Crippen MR) is 97.4 cm³/mol. The Morgan fingerprint density at radius 3 is 2.68 bits per heavy atom. The van der Waals surface area contributed by atoms with Crippen molar-refractivity contribution < 1.29 is 18.3 Å². The second-order valence-electron chi connectivity index (χ2n) is 6.17. The average Bonchev–Trinajstić information content (AvgIpc) is 2.65. The van der Waals surface area contributed by atoms with Crippen molar-refractivity contribution in [1.82, 2.24) is 15.0 Å². The fraction of sp³-hybridized carbons (Fsp3) is 0.200. The molecule has 0 saturated carbocycles. The Labute approximate surface area is 159 Å². The number of hydrogen-bond acceptors (Lipinski definition) is 5. The third-order valence-corrected chi connectivity index (χ3v) is 4.16. The van der Waals surface area contributed by atoms with Crippen LogP contribution in [0, 0.1) is 18.6 Å². The zero-order valence-electron chi connectivity index (χ0n) is 15.2. The Balaban J connectivity index is 1.76. The van der Waals surface area contributed by atoms with Crippen molar-refractivity contribution in [2.45, 2.75) is 26.4 Å². The van der Waals surface area contributed by atoms with Crippen molar-refractivity contribution in [3.63, 3.8) is 0 Å². The number of hydrogen-bond donors (Lipinski definition) is 1. The average molecular weight is 385 g/mol. The molecule has 1 atom stereocenters. The predicted octanol–water partition coefficient (Wildman–Crippen LogP) is 3.27. The summed E-state index contributed by atoms with van der Waals surface area (Å²) in [4.78, 5) is 35.6.